The molecule has 2 rings (SSSR count). The zero-order valence-corrected chi connectivity index (χ0v) is 14.0. The number of carbonyl (C=O) groups excluding carboxylic acids is 2. The molecule has 6 nitrogen and oxygen atoms in total. The molecule has 2 aromatic rings. The average molecular weight is 327 g/mol. The van der Waals surface area contributed by atoms with Gasteiger partial charge in [-0.05, 0) is 37.6 Å². The van der Waals surface area contributed by atoms with E-state index in [0.717, 1.165) is 16.3 Å². The van der Waals surface area contributed by atoms with Gasteiger partial charge in [-0.2, -0.15) is 5.10 Å². The summed E-state index contributed by atoms with van der Waals surface area (Å²) >= 11 is 0. The Bertz CT molecular complexity index is 769. The molecular weight excluding hydrogens is 306 g/mol. The minimum Gasteiger partial charge on any atom is -0.490 e. The van der Waals surface area contributed by atoms with Gasteiger partial charge in [-0.25, -0.2) is 5.43 Å². The monoisotopic (exact) mass is 327 g/mol. The molecule has 0 atom stereocenters. The van der Waals surface area contributed by atoms with Gasteiger partial charge in [0.05, 0.1) is 12.3 Å². The molecule has 2 aromatic carbocycles. The molecule has 126 valence electrons. The number of amides is 2. The second-order valence-corrected chi connectivity index (χ2v) is 5.42. The average Bonchev–Trinajstić information content (AvgIpc) is 2.56. The van der Waals surface area contributed by atoms with Crippen LogP contribution in [-0.2, 0) is 9.59 Å². The largest absolute Gasteiger partial charge is 0.490 e. The van der Waals surface area contributed by atoms with Gasteiger partial charge in [0.15, 0.2) is 0 Å². The van der Waals surface area contributed by atoms with Crippen molar-refractivity contribution in [3.05, 3.63) is 42.0 Å². The summed E-state index contributed by atoms with van der Waals surface area (Å²) in [5.41, 5.74) is 2.97. The van der Waals surface area contributed by atoms with Gasteiger partial charge < -0.3 is 10.1 Å². The third kappa shape index (κ3) is 4.32. The Morgan fingerprint density at radius 1 is 1.17 bits per heavy atom. The van der Waals surface area contributed by atoms with E-state index in [9.17, 15) is 9.59 Å². The summed E-state index contributed by atoms with van der Waals surface area (Å²) in [4.78, 5) is 23.0. The molecule has 0 unspecified atom stereocenters. The topological polar surface area (TPSA) is 79.8 Å². The number of benzene rings is 2. The Kier molecular flexibility index (Phi) is 5.89. The second-order valence-electron chi connectivity index (χ2n) is 5.42. The number of hydrogen-bond donors (Lipinski definition) is 2. The van der Waals surface area contributed by atoms with Crippen molar-refractivity contribution in [2.75, 3.05) is 6.54 Å². The lowest BCUT2D eigenvalue weighted by Crippen LogP contribution is -2.37. The van der Waals surface area contributed by atoms with Crippen molar-refractivity contribution in [1.82, 2.24) is 10.7 Å². The number of carbonyl (C=O) groups is 2. The van der Waals surface area contributed by atoms with Crippen molar-refractivity contribution in [2.24, 2.45) is 5.10 Å². The minimum atomic E-state index is -0.806. The number of likely N-dealkylation sites (N-methyl/N-ethyl adjacent to an activating group) is 1. The Morgan fingerprint density at radius 3 is 2.62 bits per heavy atom. The smallest absolute Gasteiger partial charge is 0.329 e. The van der Waals surface area contributed by atoms with Gasteiger partial charge in [0.1, 0.15) is 5.75 Å². The van der Waals surface area contributed by atoms with Crippen molar-refractivity contribution < 1.29 is 14.3 Å². The standard InChI is InChI=1S/C18H21N3O3/c1-4-19-17(22)18(23)21-20-11-15-14-8-6-5-7-13(14)9-10-16(15)24-12(2)3/h5-12H,4H2,1-3H3,(H,19,22)(H,21,23)/b20-11-. The molecule has 6 heteroatoms. The maximum Gasteiger partial charge on any atom is 0.329 e. The van der Waals surface area contributed by atoms with Crippen molar-refractivity contribution >= 4 is 28.8 Å². The molecule has 0 fully saturated rings. The summed E-state index contributed by atoms with van der Waals surface area (Å²) in [6.45, 7) is 5.99. The van der Waals surface area contributed by atoms with E-state index in [-0.39, 0.29) is 6.10 Å². The van der Waals surface area contributed by atoms with Crippen LogP contribution in [0.4, 0.5) is 0 Å². The summed E-state index contributed by atoms with van der Waals surface area (Å²) in [6.07, 6.45) is 1.50. The van der Waals surface area contributed by atoms with Gasteiger partial charge in [0.2, 0.25) is 0 Å². The van der Waals surface area contributed by atoms with Crippen LogP contribution in [-0.4, -0.2) is 30.7 Å². The molecule has 0 bridgehead atoms. The number of nitrogens with one attached hydrogen (secondary N) is 2. The summed E-state index contributed by atoms with van der Waals surface area (Å²) in [6, 6.07) is 11.6. The van der Waals surface area contributed by atoms with Gasteiger partial charge in [-0.15, -0.1) is 0 Å². The highest BCUT2D eigenvalue weighted by molar-refractivity contribution is 6.35. The SMILES string of the molecule is CCNC(=O)C(=O)N/N=C\c1c(OC(C)C)ccc2ccccc12. The zero-order valence-electron chi connectivity index (χ0n) is 14.0. The van der Waals surface area contributed by atoms with Gasteiger partial charge in [0.25, 0.3) is 0 Å². The summed E-state index contributed by atoms with van der Waals surface area (Å²) in [7, 11) is 0. The summed E-state index contributed by atoms with van der Waals surface area (Å²) in [5.74, 6) is -0.856. The Hall–Kier alpha value is -2.89. The van der Waals surface area contributed by atoms with Gasteiger partial charge in [0, 0.05) is 12.1 Å². The van der Waals surface area contributed by atoms with Crippen molar-refractivity contribution in [3.63, 3.8) is 0 Å². The number of hydrogen-bond acceptors (Lipinski definition) is 4. The fourth-order valence-electron chi connectivity index (χ4n) is 2.21. The highest BCUT2D eigenvalue weighted by atomic mass is 16.5. The molecular formula is C18H21N3O3. The molecule has 0 spiro atoms. The van der Waals surface area contributed by atoms with E-state index in [0.29, 0.717) is 12.3 Å². The van der Waals surface area contributed by atoms with E-state index in [1.54, 1.807) is 6.92 Å². The molecule has 0 aliphatic heterocycles. The number of hydrazone groups is 1. The molecule has 24 heavy (non-hydrogen) atoms. The first-order valence-corrected chi connectivity index (χ1v) is 7.82. The molecule has 0 saturated carbocycles. The van der Waals surface area contributed by atoms with E-state index in [2.05, 4.69) is 15.8 Å². The Labute approximate surface area is 140 Å². The molecule has 0 radical (unpaired) electrons. The van der Waals surface area contributed by atoms with Crippen LogP contribution < -0.4 is 15.5 Å². The van der Waals surface area contributed by atoms with Gasteiger partial charge in [-0.3, -0.25) is 9.59 Å². The predicted molar refractivity (Wildman–Crippen MR) is 94.1 cm³/mol. The zero-order chi connectivity index (χ0) is 17.5. The minimum absolute atomic E-state index is 0.00300. The Balaban J connectivity index is 2.29. The van der Waals surface area contributed by atoms with Gasteiger partial charge in [-0.1, -0.05) is 30.3 Å². The molecule has 0 aliphatic carbocycles. The van der Waals surface area contributed by atoms with Crippen LogP contribution in [0, 0.1) is 0 Å². The highest BCUT2D eigenvalue weighted by Crippen LogP contribution is 2.27. The first kappa shape index (κ1) is 17.5. The molecule has 0 saturated heterocycles. The highest BCUT2D eigenvalue weighted by Gasteiger charge is 2.12. The van der Waals surface area contributed by atoms with Crippen molar-refractivity contribution in [3.8, 4) is 5.75 Å². The fourth-order valence-corrected chi connectivity index (χ4v) is 2.21. The van der Waals surface area contributed by atoms with E-state index in [1.165, 1.54) is 6.21 Å². The molecule has 0 heterocycles. The molecule has 0 aliphatic rings. The maximum absolute atomic E-state index is 11.6. The van der Waals surface area contributed by atoms with Crippen LogP contribution in [0.5, 0.6) is 5.75 Å². The third-order valence-corrected chi connectivity index (χ3v) is 3.20. The number of nitrogens with zero attached hydrogens (tertiary/aromatic N) is 1. The number of ether oxygens (including phenoxy) is 1. The van der Waals surface area contributed by atoms with Crippen LogP contribution in [0.25, 0.3) is 10.8 Å². The molecule has 2 amide bonds. The third-order valence-electron chi connectivity index (χ3n) is 3.20. The summed E-state index contributed by atoms with van der Waals surface area (Å²) in [5, 5.41) is 8.29. The second kappa shape index (κ2) is 8.10. The Morgan fingerprint density at radius 2 is 1.92 bits per heavy atom. The van der Waals surface area contributed by atoms with Crippen LogP contribution in [0.1, 0.15) is 26.3 Å². The van der Waals surface area contributed by atoms with E-state index < -0.39 is 11.8 Å². The van der Waals surface area contributed by atoms with Crippen LogP contribution in [0.3, 0.4) is 0 Å². The van der Waals surface area contributed by atoms with E-state index in [1.807, 2.05) is 50.2 Å². The van der Waals surface area contributed by atoms with Crippen molar-refractivity contribution in [2.45, 2.75) is 26.9 Å². The predicted octanol–water partition coefficient (Wildman–Crippen LogP) is 2.21. The lowest BCUT2D eigenvalue weighted by molar-refractivity contribution is -0.139. The van der Waals surface area contributed by atoms with E-state index in [4.69, 9.17) is 4.74 Å². The van der Waals surface area contributed by atoms with Gasteiger partial charge >= 0.3 is 11.8 Å². The van der Waals surface area contributed by atoms with Crippen LogP contribution in [0.2, 0.25) is 0 Å². The van der Waals surface area contributed by atoms with Crippen LogP contribution >= 0.6 is 0 Å². The normalized spacial score (nSPS) is 11.0. The summed E-state index contributed by atoms with van der Waals surface area (Å²) < 4.78 is 5.81. The first-order valence-electron chi connectivity index (χ1n) is 7.82. The van der Waals surface area contributed by atoms with Crippen LogP contribution in [0.15, 0.2) is 41.5 Å². The molecule has 0 aromatic heterocycles. The lowest BCUT2D eigenvalue weighted by atomic mass is 10.0. The fraction of sp³-hybridized carbons (Fsp3) is 0.278. The lowest BCUT2D eigenvalue weighted by Gasteiger charge is -2.14. The number of fused-ring (bicyclic) bond motifs is 1. The van der Waals surface area contributed by atoms with Crippen molar-refractivity contribution in [1.29, 1.82) is 0 Å². The first-order chi connectivity index (χ1) is 11.5. The quantitative estimate of drug-likeness (QED) is 0.502. The van der Waals surface area contributed by atoms with E-state index >= 15 is 0 Å². The maximum atomic E-state index is 11.6. The molecule has 2 N–H and O–H groups in total. The number of rotatable bonds is 5.